The largest absolute Gasteiger partial charge is 0.390 e. The molecular weight excluding hydrogens is 466 g/mol. The van der Waals surface area contributed by atoms with Crippen LogP contribution in [0.15, 0.2) is 0 Å². The van der Waals surface area contributed by atoms with E-state index >= 15 is 0 Å². The Bertz CT molecular complexity index is 698. The van der Waals surface area contributed by atoms with Gasteiger partial charge < -0.3 is 72.4 Å². The molecule has 14 heteroatoms. The lowest BCUT2D eigenvalue weighted by Crippen LogP contribution is -2.69. The van der Waals surface area contributed by atoms with Crippen LogP contribution in [0.25, 0.3) is 0 Å². The molecule has 0 spiro atoms. The van der Waals surface area contributed by atoms with Crippen LogP contribution in [0, 0.1) is 0 Å². The van der Waals surface area contributed by atoms with E-state index in [1.807, 2.05) is 0 Å². The van der Waals surface area contributed by atoms with Crippen LogP contribution in [0.4, 0.5) is 0 Å². The van der Waals surface area contributed by atoms with Gasteiger partial charge in [-0.1, -0.05) is 0 Å². The third-order valence-electron chi connectivity index (χ3n) is 7.55. The summed E-state index contributed by atoms with van der Waals surface area (Å²) in [5.41, 5.74) is 24.2. The van der Waals surface area contributed by atoms with Crippen LogP contribution in [0.5, 0.6) is 0 Å². The quantitative estimate of drug-likeness (QED) is 0.169. The van der Waals surface area contributed by atoms with Gasteiger partial charge in [-0.15, -0.1) is 0 Å². The average molecular weight is 508 g/mol. The molecule has 1 aliphatic carbocycles. The maximum atomic E-state index is 11.1. The number of nitrogens with one attached hydrogen (secondary N) is 1. The van der Waals surface area contributed by atoms with E-state index in [-0.39, 0.29) is 12.5 Å². The second-order valence-electron chi connectivity index (χ2n) is 10.2. The molecule has 0 bridgehead atoms. The van der Waals surface area contributed by atoms with Crippen LogP contribution in [-0.2, 0) is 23.7 Å². The van der Waals surface area contributed by atoms with Crippen molar-refractivity contribution in [3.05, 3.63) is 0 Å². The van der Waals surface area contributed by atoms with E-state index < -0.39 is 91.9 Å². The fourth-order valence-corrected chi connectivity index (χ4v) is 5.42. The van der Waals surface area contributed by atoms with Crippen LogP contribution in [0.3, 0.4) is 0 Å². The lowest BCUT2D eigenvalue weighted by molar-refractivity contribution is -0.370. The summed E-state index contributed by atoms with van der Waals surface area (Å²) >= 11 is 0. The van der Waals surface area contributed by atoms with Crippen molar-refractivity contribution in [1.29, 1.82) is 0 Å². The van der Waals surface area contributed by atoms with Gasteiger partial charge in [-0.2, -0.15) is 0 Å². The van der Waals surface area contributed by atoms with Gasteiger partial charge in [0.05, 0.1) is 36.4 Å². The molecule has 0 aromatic heterocycles. The summed E-state index contributed by atoms with van der Waals surface area (Å²) in [5, 5.41) is 45.1. The first-order valence-electron chi connectivity index (χ1n) is 12.2. The van der Waals surface area contributed by atoms with Gasteiger partial charge in [0.25, 0.3) is 0 Å². The number of hydrogen-bond donors (Lipinski definition) is 9. The highest BCUT2D eigenvalue weighted by atomic mass is 16.8. The molecule has 0 aromatic carbocycles. The van der Waals surface area contributed by atoms with Crippen LogP contribution < -0.4 is 28.3 Å². The molecule has 14 nitrogen and oxygen atoms in total. The Labute approximate surface area is 204 Å². The van der Waals surface area contributed by atoms with Crippen LogP contribution >= 0.6 is 0 Å². The molecule has 4 rings (SSSR count). The molecule has 9 unspecified atom stereocenters. The summed E-state index contributed by atoms with van der Waals surface area (Å²) in [6, 6.07) is -2.88. The third kappa shape index (κ3) is 5.51. The molecule has 204 valence electrons. The maximum Gasteiger partial charge on any atom is 0.189 e. The first-order chi connectivity index (χ1) is 16.5. The van der Waals surface area contributed by atoms with Gasteiger partial charge in [-0.25, -0.2) is 0 Å². The minimum Gasteiger partial charge on any atom is -0.390 e. The van der Waals surface area contributed by atoms with Crippen molar-refractivity contribution in [2.75, 3.05) is 7.05 Å². The molecule has 13 N–H and O–H groups in total. The van der Waals surface area contributed by atoms with E-state index in [1.54, 1.807) is 14.0 Å². The summed E-state index contributed by atoms with van der Waals surface area (Å²) in [6.45, 7) is 1.66. The van der Waals surface area contributed by atoms with Crippen molar-refractivity contribution in [3.63, 3.8) is 0 Å². The Morgan fingerprint density at radius 2 is 1.49 bits per heavy atom. The molecule has 0 aromatic rings. The lowest BCUT2D eigenvalue weighted by atomic mass is 9.86. The summed E-state index contributed by atoms with van der Waals surface area (Å²) in [7, 11) is 1.61. The van der Waals surface area contributed by atoms with Crippen molar-refractivity contribution < 1.29 is 44.1 Å². The maximum absolute atomic E-state index is 11.1. The number of hydrogen-bond acceptors (Lipinski definition) is 14. The van der Waals surface area contributed by atoms with Crippen molar-refractivity contribution >= 4 is 0 Å². The Hall–Kier alpha value is -0.560. The third-order valence-corrected chi connectivity index (χ3v) is 7.55. The highest BCUT2D eigenvalue weighted by Crippen LogP contribution is 2.35. The van der Waals surface area contributed by atoms with Crippen molar-refractivity contribution in [3.8, 4) is 0 Å². The highest BCUT2D eigenvalue weighted by Gasteiger charge is 2.53. The molecule has 1 saturated carbocycles. The lowest BCUT2D eigenvalue weighted by Gasteiger charge is -2.51. The second-order valence-corrected chi connectivity index (χ2v) is 10.2. The molecule has 0 amide bonds. The molecule has 4 aliphatic rings. The van der Waals surface area contributed by atoms with E-state index in [1.165, 1.54) is 0 Å². The van der Waals surface area contributed by atoms with Crippen LogP contribution in [0.2, 0.25) is 0 Å². The highest BCUT2D eigenvalue weighted by molar-refractivity contribution is 5.00. The topological polar surface area (TPSA) is 243 Å². The molecular formula is C21H41N5O9. The van der Waals surface area contributed by atoms with Gasteiger partial charge in [0.2, 0.25) is 0 Å². The monoisotopic (exact) mass is 507 g/mol. The number of ether oxygens (including phenoxy) is 5. The summed E-state index contributed by atoms with van der Waals surface area (Å²) < 4.78 is 29.6. The molecule has 35 heavy (non-hydrogen) atoms. The summed E-state index contributed by atoms with van der Waals surface area (Å²) in [6.07, 6.45) is -9.45. The predicted octanol–water partition coefficient (Wildman–Crippen LogP) is -4.89. The van der Waals surface area contributed by atoms with Gasteiger partial charge in [0.15, 0.2) is 18.9 Å². The second kappa shape index (κ2) is 11.0. The number of aliphatic hydroxyl groups is 4. The zero-order chi connectivity index (χ0) is 25.6. The Morgan fingerprint density at radius 1 is 0.771 bits per heavy atom. The Kier molecular flexibility index (Phi) is 8.67. The van der Waals surface area contributed by atoms with E-state index in [9.17, 15) is 20.4 Å². The summed E-state index contributed by atoms with van der Waals surface area (Å²) in [4.78, 5) is 0. The van der Waals surface area contributed by atoms with E-state index in [0.717, 1.165) is 0 Å². The summed E-state index contributed by atoms with van der Waals surface area (Å²) in [5.74, 6) is 0. The SMILES string of the molecule is CNC1C(OC2OC(C)[C@@H](N)[C@H](O)[C@@H]2O)O[C@H]2CC(N)[C@@H](O[C@@H]3C(N)CC(N)C[C@H]3O)OC2C1O. The molecule has 16 atom stereocenters. The zero-order valence-corrected chi connectivity index (χ0v) is 20.0. The minimum atomic E-state index is -1.40. The zero-order valence-electron chi connectivity index (χ0n) is 20.0. The average Bonchev–Trinajstić information content (AvgIpc) is 2.79. The van der Waals surface area contributed by atoms with Crippen molar-refractivity contribution in [2.24, 2.45) is 22.9 Å². The van der Waals surface area contributed by atoms with Crippen LogP contribution in [-0.4, -0.2) is 125 Å². The Morgan fingerprint density at radius 3 is 2.14 bits per heavy atom. The van der Waals surface area contributed by atoms with Crippen LogP contribution in [0.1, 0.15) is 26.2 Å². The first-order valence-corrected chi connectivity index (χ1v) is 12.2. The van der Waals surface area contributed by atoms with Crippen molar-refractivity contribution in [1.82, 2.24) is 5.32 Å². The normalized spacial score (nSPS) is 55.4. The van der Waals surface area contributed by atoms with E-state index in [2.05, 4.69) is 5.32 Å². The fraction of sp³-hybridized carbons (Fsp3) is 1.00. The smallest absolute Gasteiger partial charge is 0.189 e. The van der Waals surface area contributed by atoms with Gasteiger partial charge in [-0.05, 0) is 33.2 Å². The van der Waals surface area contributed by atoms with E-state index in [0.29, 0.717) is 12.8 Å². The molecule has 0 radical (unpaired) electrons. The molecule has 3 heterocycles. The standard InChI is InChI=1S/C21H41N5O9/c1-6-12(25)14(28)16(30)21(31-6)35-20-13(26-2)15(29)18-11(32-20)5-9(24)19(34-18)33-17-8(23)3-7(22)4-10(17)27/h6-21,26-30H,3-5,22-25H2,1-2H3/t6?,7?,8?,9?,10-,11+,12-,13?,14+,15?,16+,17-,18?,19+,20?,21?/m1/s1. The molecule has 4 fully saturated rings. The fourth-order valence-electron chi connectivity index (χ4n) is 5.42. The van der Waals surface area contributed by atoms with Gasteiger partial charge in [-0.3, -0.25) is 0 Å². The molecule has 3 saturated heterocycles. The van der Waals surface area contributed by atoms with Crippen molar-refractivity contribution in [2.45, 2.75) is 124 Å². The number of nitrogens with two attached hydrogens (primary N) is 4. The van der Waals surface area contributed by atoms with Gasteiger partial charge in [0.1, 0.15) is 30.5 Å². The number of likely N-dealkylation sites (N-methyl/N-ethyl adjacent to an activating group) is 1. The number of fused-ring (bicyclic) bond motifs is 1. The van der Waals surface area contributed by atoms with Gasteiger partial charge >= 0.3 is 0 Å². The number of aliphatic hydroxyl groups excluding tert-OH is 4. The van der Waals surface area contributed by atoms with Gasteiger partial charge in [0, 0.05) is 12.1 Å². The Balaban J connectivity index is 1.42. The number of rotatable bonds is 5. The first kappa shape index (κ1) is 27.5. The predicted molar refractivity (Wildman–Crippen MR) is 120 cm³/mol. The molecule has 3 aliphatic heterocycles. The minimum absolute atomic E-state index is 0.210. The van der Waals surface area contributed by atoms with E-state index in [4.69, 9.17) is 46.6 Å².